The van der Waals surface area contributed by atoms with Gasteiger partial charge in [-0.15, -0.1) is 11.3 Å². The monoisotopic (exact) mass is 260 g/mol. The minimum absolute atomic E-state index is 0.273. The van der Waals surface area contributed by atoms with Gasteiger partial charge in [-0.2, -0.15) is 0 Å². The van der Waals surface area contributed by atoms with Crippen LogP contribution in [0.2, 0.25) is 4.34 Å². The van der Waals surface area contributed by atoms with E-state index in [1.54, 1.807) is 11.3 Å². The second kappa shape index (κ2) is 6.01. The predicted octanol–water partition coefficient (Wildman–Crippen LogP) is 3.38. The summed E-state index contributed by atoms with van der Waals surface area (Å²) < 4.78 is 0.832. The summed E-state index contributed by atoms with van der Waals surface area (Å²) in [5, 5.41) is 0. The second-order valence-corrected chi connectivity index (χ2v) is 6.29. The lowest BCUT2D eigenvalue weighted by atomic mass is 10.0. The molecule has 0 aliphatic carbocycles. The first-order valence-electron chi connectivity index (χ1n) is 5.64. The molecule has 0 saturated heterocycles. The number of rotatable bonds is 5. The highest BCUT2D eigenvalue weighted by atomic mass is 35.5. The van der Waals surface area contributed by atoms with Gasteiger partial charge < -0.3 is 5.73 Å². The fraction of sp³-hybridized carbons (Fsp3) is 0.667. The average Bonchev–Trinajstić information content (AvgIpc) is 2.64. The van der Waals surface area contributed by atoms with Gasteiger partial charge in [-0.1, -0.05) is 25.4 Å². The molecule has 0 spiro atoms. The van der Waals surface area contributed by atoms with Crippen LogP contribution in [0.1, 0.15) is 31.7 Å². The van der Waals surface area contributed by atoms with E-state index in [9.17, 15) is 0 Å². The molecule has 2 atom stereocenters. The Kier molecular flexibility index (Phi) is 5.25. The van der Waals surface area contributed by atoms with Gasteiger partial charge in [0.25, 0.3) is 0 Å². The van der Waals surface area contributed by atoms with Gasteiger partial charge >= 0.3 is 0 Å². The minimum atomic E-state index is 0.273. The standard InChI is InChI=1S/C12H21ClN2S/c1-8(2)9(3)15(4)10(7-14)11-5-6-12(13)16-11/h5-6,8-10H,7,14H2,1-4H3. The first-order valence-corrected chi connectivity index (χ1v) is 6.84. The Morgan fingerprint density at radius 3 is 2.38 bits per heavy atom. The molecule has 2 nitrogen and oxygen atoms in total. The maximum atomic E-state index is 5.97. The third-order valence-electron chi connectivity index (χ3n) is 3.24. The molecule has 0 aliphatic rings. The van der Waals surface area contributed by atoms with Crippen LogP contribution in [0, 0.1) is 5.92 Å². The van der Waals surface area contributed by atoms with Crippen LogP contribution in [-0.2, 0) is 0 Å². The summed E-state index contributed by atoms with van der Waals surface area (Å²) in [7, 11) is 2.13. The molecule has 92 valence electrons. The van der Waals surface area contributed by atoms with E-state index in [4.69, 9.17) is 17.3 Å². The van der Waals surface area contributed by atoms with Crippen LogP contribution in [-0.4, -0.2) is 24.5 Å². The van der Waals surface area contributed by atoms with Gasteiger partial charge in [-0.3, -0.25) is 4.90 Å². The summed E-state index contributed by atoms with van der Waals surface area (Å²) in [6.45, 7) is 7.33. The number of nitrogens with two attached hydrogens (primary N) is 1. The Morgan fingerprint density at radius 2 is 2.00 bits per heavy atom. The van der Waals surface area contributed by atoms with E-state index in [1.165, 1.54) is 4.88 Å². The van der Waals surface area contributed by atoms with Crippen molar-refractivity contribution >= 4 is 22.9 Å². The molecule has 1 aromatic rings. The summed E-state index contributed by atoms with van der Waals surface area (Å²) in [5.74, 6) is 0.620. The number of halogens is 1. The summed E-state index contributed by atoms with van der Waals surface area (Å²) in [4.78, 5) is 3.59. The molecule has 1 rings (SSSR count). The lowest BCUT2D eigenvalue weighted by Crippen LogP contribution is -2.39. The smallest absolute Gasteiger partial charge is 0.0931 e. The number of nitrogens with zero attached hydrogens (tertiary/aromatic N) is 1. The molecule has 0 aromatic carbocycles. The zero-order valence-corrected chi connectivity index (χ0v) is 12.0. The fourth-order valence-electron chi connectivity index (χ4n) is 1.74. The second-order valence-electron chi connectivity index (χ2n) is 4.54. The number of thiophene rings is 1. The molecule has 2 N–H and O–H groups in total. The van der Waals surface area contributed by atoms with Gasteiger partial charge in [0.1, 0.15) is 0 Å². The molecule has 0 aliphatic heterocycles. The highest BCUT2D eigenvalue weighted by Gasteiger charge is 2.23. The van der Waals surface area contributed by atoms with Crippen molar-refractivity contribution in [2.75, 3.05) is 13.6 Å². The third kappa shape index (κ3) is 3.20. The van der Waals surface area contributed by atoms with Crippen LogP contribution < -0.4 is 5.73 Å². The first kappa shape index (κ1) is 14.0. The van der Waals surface area contributed by atoms with Crippen LogP contribution in [0.25, 0.3) is 0 Å². The molecule has 2 unspecified atom stereocenters. The Morgan fingerprint density at radius 1 is 1.38 bits per heavy atom. The van der Waals surface area contributed by atoms with Crippen molar-refractivity contribution in [1.29, 1.82) is 0 Å². The van der Waals surface area contributed by atoms with E-state index in [0.29, 0.717) is 18.5 Å². The number of hydrogen-bond donors (Lipinski definition) is 1. The Balaban J connectivity index is 2.82. The summed E-state index contributed by atoms with van der Waals surface area (Å²) >= 11 is 7.59. The summed E-state index contributed by atoms with van der Waals surface area (Å²) in [6, 6.07) is 4.80. The van der Waals surface area contributed by atoms with E-state index < -0.39 is 0 Å². The minimum Gasteiger partial charge on any atom is -0.329 e. The van der Waals surface area contributed by atoms with E-state index in [-0.39, 0.29) is 6.04 Å². The summed E-state index contributed by atoms with van der Waals surface area (Å²) in [6.07, 6.45) is 0. The van der Waals surface area contributed by atoms with Crippen molar-refractivity contribution in [3.05, 3.63) is 21.3 Å². The van der Waals surface area contributed by atoms with Crippen molar-refractivity contribution in [3.63, 3.8) is 0 Å². The van der Waals surface area contributed by atoms with Crippen molar-refractivity contribution in [2.45, 2.75) is 32.9 Å². The first-order chi connectivity index (χ1) is 7.47. The van der Waals surface area contributed by atoms with Crippen LogP contribution in [0.3, 0.4) is 0 Å². The number of hydrogen-bond acceptors (Lipinski definition) is 3. The van der Waals surface area contributed by atoms with E-state index in [1.807, 2.05) is 6.07 Å². The Hall–Kier alpha value is -0.0900. The largest absolute Gasteiger partial charge is 0.329 e. The maximum absolute atomic E-state index is 5.97. The van der Waals surface area contributed by atoms with Gasteiger partial charge in [-0.05, 0) is 32.0 Å². The van der Waals surface area contributed by atoms with Crippen LogP contribution in [0.4, 0.5) is 0 Å². The van der Waals surface area contributed by atoms with Crippen LogP contribution in [0.5, 0.6) is 0 Å². The predicted molar refractivity (Wildman–Crippen MR) is 73.2 cm³/mol. The maximum Gasteiger partial charge on any atom is 0.0931 e. The lowest BCUT2D eigenvalue weighted by Gasteiger charge is -2.34. The zero-order valence-electron chi connectivity index (χ0n) is 10.4. The van der Waals surface area contributed by atoms with Gasteiger partial charge in [0.15, 0.2) is 0 Å². The van der Waals surface area contributed by atoms with E-state index in [0.717, 1.165) is 4.34 Å². The fourth-order valence-corrected chi connectivity index (χ4v) is 2.97. The molecule has 1 aromatic heterocycles. The quantitative estimate of drug-likeness (QED) is 0.880. The van der Waals surface area contributed by atoms with Gasteiger partial charge in [0.05, 0.1) is 10.4 Å². The highest BCUT2D eigenvalue weighted by molar-refractivity contribution is 7.16. The van der Waals surface area contributed by atoms with Crippen molar-refractivity contribution in [1.82, 2.24) is 4.90 Å². The molecular weight excluding hydrogens is 240 g/mol. The average molecular weight is 261 g/mol. The van der Waals surface area contributed by atoms with Gasteiger partial charge in [0, 0.05) is 17.5 Å². The van der Waals surface area contributed by atoms with Crippen molar-refractivity contribution in [3.8, 4) is 0 Å². The van der Waals surface area contributed by atoms with Crippen molar-refractivity contribution in [2.24, 2.45) is 11.7 Å². The van der Waals surface area contributed by atoms with E-state index >= 15 is 0 Å². The highest BCUT2D eigenvalue weighted by Crippen LogP contribution is 2.31. The molecule has 0 amide bonds. The SMILES string of the molecule is CC(C)C(C)N(C)C(CN)c1ccc(Cl)s1. The van der Waals surface area contributed by atoms with Crippen LogP contribution in [0.15, 0.2) is 12.1 Å². The molecule has 1 heterocycles. The molecular formula is C12H21ClN2S. The lowest BCUT2D eigenvalue weighted by molar-refractivity contribution is 0.154. The number of likely N-dealkylation sites (N-methyl/N-ethyl adjacent to an activating group) is 1. The molecule has 16 heavy (non-hydrogen) atoms. The Labute approximate surface area is 107 Å². The molecule has 0 radical (unpaired) electrons. The van der Waals surface area contributed by atoms with Crippen molar-refractivity contribution < 1.29 is 0 Å². The van der Waals surface area contributed by atoms with Crippen LogP contribution >= 0.6 is 22.9 Å². The van der Waals surface area contributed by atoms with E-state index in [2.05, 4.69) is 38.8 Å². The molecule has 0 saturated carbocycles. The molecule has 0 bridgehead atoms. The molecule has 4 heteroatoms. The topological polar surface area (TPSA) is 29.3 Å². The van der Waals surface area contributed by atoms with Gasteiger partial charge in [0.2, 0.25) is 0 Å². The summed E-state index contributed by atoms with van der Waals surface area (Å²) in [5.41, 5.74) is 5.87. The zero-order chi connectivity index (χ0) is 12.3. The molecule has 0 fully saturated rings. The third-order valence-corrected chi connectivity index (χ3v) is 4.58. The Bertz CT molecular complexity index is 325. The normalized spacial score (nSPS) is 15.8. The van der Waals surface area contributed by atoms with Gasteiger partial charge in [-0.25, -0.2) is 0 Å².